The van der Waals surface area contributed by atoms with Gasteiger partial charge in [-0.1, -0.05) is 0 Å². The maximum atomic E-state index is 12.1. The average molecular weight is 303 g/mol. The van der Waals surface area contributed by atoms with Gasteiger partial charge in [-0.3, -0.25) is 4.79 Å². The van der Waals surface area contributed by atoms with Crippen molar-refractivity contribution < 1.29 is 29.6 Å². The van der Waals surface area contributed by atoms with E-state index in [-0.39, 0.29) is 13.0 Å². The summed E-state index contributed by atoms with van der Waals surface area (Å²) in [6.45, 7) is 5.15. The SMILES string of the molecule is CC(C)(C)OC(=O)N1CCCC(CC(O)CO)(C(=O)O)C1. The van der Waals surface area contributed by atoms with Crippen LogP contribution in [-0.4, -0.2) is 63.7 Å². The number of likely N-dealkylation sites (tertiary alicyclic amines) is 1. The van der Waals surface area contributed by atoms with Crippen molar-refractivity contribution in [2.75, 3.05) is 19.7 Å². The second-order valence-corrected chi connectivity index (χ2v) is 6.63. The molecule has 7 nitrogen and oxygen atoms in total. The Morgan fingerprint density at radius 3 is 2.48 bits per heavy atom. The third-order valence-electron chi connectivity index (χ3n) is 3.52. The smallest absolute Gasteiger partial charge is 0.410 e. The van der Waals surface area contributed by atoms with Gasteiger partial charge in [0.05, 0.1) is 18.1 Å². The van der Waals surface area contributed by atoms with Gasteiger partial charge in [0.2, 0.25) is 0 Å². The highest BCUT2D eigenvalue weighted by atomic mass is 16.6. The lowest BCUT2D eigenvalue weighted by Crippen LogP contribution is -2.52. The minimum absolute atomic E-state index is 0.0195. The maximum Gasteiger partial charge on any atom is 0.410 e. The first-order valence-corrected chi connectivity index (χ1v) is 7.10. The number of hydrogen-bond donors (Lipinski definition) is 3. The Labute approximate surface area is 124 Å². The van der Waals surface area contributed by atoms with Crippen LogP contribution in [0.25, 0.3) is 0 Å². The summed E-state index contributed by atoms with van der Waals surface area (Å²) in [6, 6.07) is 0. The summed E-state index contributed by atoms with van der Waals surface area (Å²) < 4.78 is 5.26. The molecule has 3 N–H and O–H groups in total. The fraction of sp³-hybridized carbons (Fsp3) is 0.857. The molecule has 0 aliphatic carbocycles. The Kier molecular flexibility index (Phi) is 5.58. The Hall–Kier alpha value is -1.34. The predicted octanol–water partition coefficient (Wildman–Crippen LogP) is 0.832. The Morgan fingerprint density at radius 1 is 1.38 bits per heavy atom. The van der Waals surface area contributed by atoms with Gasteiger partial charge in [0, 0.05) is 13.1 Å². The van der Waals surface area contributed by atoms with Gasteiger partial charge in [0.25, 0.3) is 0 Å². The molecule has 1 aliphatic heterocycles. The summed E-state index contributed by atoms with van der Waals surface area (Å²) >= 11 is 0. The molecule has 2 atom stereocenters. The van der Waals surface area contributed by atoms with Gasteiger partial charge in [-0.2, -0.15) is 0 Å². The van der Waals surface area contributed by atoms with E-state index in [4.69, 9.17) is 9.84 Å². The molecule has 0 aromatic rings. The van der Waals surface area contributed by atoms with Crippen LogP contribution in [0.3, 0.4) is 0 Å². The summed E-state index contributed by atoms with van der Waals surface area (Å²) in [4.78, 5) is 25.1. The van der Waals surface area contributed by atoms with Crippen LogP contribution in [0.15, 0.2) is 0 Å². The van der Waals surface area contributed by atoms with E-state index in [1.54, 1.807) is 20.8 Å². The molecular weight excluding hydrogens is 278 g/mol. The van der Waals surface area contributed by atoms with Gasteiger partial charge in [0.1, 0.15) is 5.60 Å². The van der Waals surface area contributed by atoms with Crippen LogP contribution in [-0.2, 0) is 9.53 Å². The standard InChI is InChI=1S/C14H25NO6/c1-13(2,3)21-12(20)15-6-4-5-14(9-15,11(18)19)7-10(17)8-16/h10,16-17H,4-9H2,1-3H3,(H,18,19). The molecule has 21 heavy (non-hydrogen) atoms. The highest BCUT2D eigenvalue weighted by molar-refractivity contribution is 5.77. The second kappa shape index (κ2) is 6.62. The number of aliphatic hydroxyl groups excluding tert-OH is 2. The first-order valence-electron chi connectivity index (χ1n) is 7.10. The monoisotopic (exact) mass is 303 g/mol. The van der Waals surface area contributed by atoms with Crippen molar-refractivity contribution in [3.05, 3.63) is 0 Å². The largest absolute Gasteiger partial charge is 0.481 e. The maximum absolute atomic E-state index is 12.1. The lowest BCUT2D eigenvalue weighted by Gasteiger charge is -2.40. The first-order chi connectivity index (χ1) is 9.59. The van der Waals surface area contributed by atoms with Gasteiger partial charge >= 0.3 is 12.1 Å². The third kappa shape index (κ3) is 4.86. The van der Waals surface area contributed by atoms with Crippen LogP contribution < -0.4 is 0 Å². The van der Waals surface area contributed by atoms with Crippen LogP contribution in [0.2, 0.25) is 0 Å². The molecule has 2 unspecified atom stereocenters. The first kappa shape index (κ1) is 17.7. The third-order valence-corrected chi connectivity index (χ3v) is 3.52. The Balaban J connectivity index is 2.84. The van der Waals surface area contributed by atoms with Crippen LogP contribution in [0, 0.1) is 5.41 Å². The number of carbonyl (C=O) groups is 2. The molecule has 0 radical (unpaired) electrons. The van der Waals surface area contributed by atoms with Gasteiger partial charge in [-0.05, 0) is 40.0 Å². The molecule has 122 valence electrons. The number of piperidine rings is 1. The molecule has 0 aromatic heterocycles. The minimum Gasteiger partial charge on any atom is -0.481 e. The highest BCUT2D eigenvalue weighted by Crippen LogP contribution is 2.35. The summed E-state index contributed by atoms with van der Waals surface area (Å²) in [5.74, 6) is -1.07. The van der Waals surface area contributed by atoms with E-state index < -0.39 is 35.8 Å². The lowest BCUT2D eigenvalue weighted by molar-refractivity contribution is -0.155. The molecule has 0 spiro atoms. The number of nitrogens with zero attached hydrogens (tertiary/aromatic N) is 1. The highest BCUT2D eigenvalue weighted by Gasteiger charge is 2.45. The zero-order valence-corrected chi connectivity index (χ0v) is 12.8. The fourth-order valence-corrected chi connectivity index (χ4v) is 2.56. The number of aliphatic carboxylic acids is 1. The van der Waals surface area contributed by atoms with Gasteiger partial charge < -0.3 is 25.0 Å². The summed E-state index contributed by atoms with van der Waals surface area (Å²) in [5.41, 5.74) is -1.89. The molecule has 1 saturated heterocycles. The van der Waals surface area contributed by atoms with Crippen molar-refractivity contribution >= 4 is 12.1 Å². The van der Waals surface area contributed by atoms with Crippen LogP contribution >= 0.6 is 0 Å². The Morgan fingerprint density at radius 2 is 2.00 bits per heavy atom. The molecular formula is C14H25NO6. The number of hydrogen-bond acceptors (Lipinski definition) is 5. The Bertz CT molecular complexity index is 391. The minimum atomic E-state index is -1.24. The second-order valence-electron chi connectivity index (χ2n) is 6.63. The molecule has 1 heterocycles. The van der Waals surface area contributed by atoms with E-state index >= 15 is 0 Å². The molecule has 7 heteroatoms. The molecule has 0 bridgehead atoms. The molecule has 1 fully saturated rings. The van der Waals surface area contributed by atoms with E-state index in [9.17, 15) is 19.8 Å². The topological polar surface area (TPSA) is 107 Å². The number of amides is 1. The fourth-order valence-electron chi connectivity index (χ4n) is 2.56. The van der Waals surface area contributed by atoms with E-state index in [1.165, 1.54) is 4.90 Å². The van der Waals surface area contributed by atoms with E-state index in [0.717, 1.165) is 0 Å². The van der Waals surface area contributed by atoms with Crippen molar-refractivity contribution in [3.8, 4) is 0 Å². The van der Waals surface area contributed by atoms with Crippen molar-refractivity contribution in [1.82, 2.24) is 4.90 Å². The summed E-state index contributed by atoms with van der Waals surface area (Å²) in [5, 5.41) is 28.0. The normalized spacial score (nSPS) is 24.5. The zero-order valence-electron chi connectivity index (χ0n) is 12.8. The van der Waals surface area contributed by atoms with Gasteiger partial charge in [-0.25, -0.2) is 4.79 Å². The number of carboxylic acids is 1. The quantitative estimate of drug-likeness (QED) is 0.710. The van der Waals surface area contributed by atoms with Crippen LogP contribution in [0.4, 0.5) is 4.79 Å². The van der Waals surface area contributed by atoms with Crippen LogP contribution in [0.5, 0.6) is 0 Å². The van der Waals surface area contributed by atoms with E-state index in [1.807, 2.05) is 0 Å². The number of rotatable bonds is 4. The number of aliphatic hydroxyl groups is 2. The number of carboxylic acid groups (broad SMARTS) is 1. The number of ether oxygens (including phenoxy) is 1. The van der Waals surface area contributed by atoms with Crippen molar-refractivity contribution in [1.29, 1.82) is 0 Å². The van der Waals surface area contributed by atoms with Gasteiger partial charge in [0.15, 0.2) is 0 Å². The van der Waals surface area contributed by atoms with Gasteiger partial charge in [-0.15, -0.1) is 0 Å². The average Bonchev–Trinajstić information content (AvgIpc) is 2.36. The van der Waals surface area contributed by atoms with E-state index in [0.29, 0.717) is 19.4 Å². The predicted molar refractivity (Wildman–Crippen MR) is 74.8 cm³/mol. The molecule has 0 saturated carbocycles. The van der Waals surface area contributed by atoms with Crippen molar-refractivity contribution in [3.63, 3.8) is 0 Å². The van der Waals surface area contributed by atoms with Crippen molar-refractivity contribution in [2.24, 2.45) is 5.41 Å². The van der Waals surface area contributed by atoms with Crippen LogP contribution in [0.1, 0.15) is 40.0 Å². The summed E-state index contributed by atoms with van der Waals surface area (Å²) in [7, 11) is 0. The lowest BCUT2D eigenvalue weighted by atomic mass is 9.75. The number of carbonyl (C=O) groups excluding carboxylic acids is 1. The molecule has 1 rings (SSSR count). The zero-order chi connectivity index (χ0) is 16.3. The van der Waals surface area contributed by atoms with E-state index in [2.05, 4.69) is 0 Å². The molecule has 1 aliphatic rings. The van der Waals surface area contributed by atoms with Crippen molar-refractivity contribution in [2.45, 2.75) is 51.7 Å². The molecule has 0 aromatic carbocycles. The summed E-state index contributed by atoms with van der Waals surface area (Å²) in [6.07, 6.45) is -0.869. The molecule has 1 amide bonds.